The van der Waals surface area contributed by atoms with Gasteiger partial charge in [-0.1, -0.05) is 12.1 Å². The molecule has 1 aromatic carbocycles. The van der Waals surface area contributed by atoms with Gasteiger partial charge in [-0.3, -0.25) is 0 Å². The van der Waals surface area contributed by atoms with Crippen LogP contribution >= 0.6 is 0 Å². The molecule has 0 saturated heterocycles. The quantitative estimate of drug-likeness (QED) is 0.859. The first kappa shape index (κ1) is 13.7. The first-order chi connectivity index (χ1) is 9.13. The molecule has 102 valence electrons. The largest absolute Gasteiger partial charge is 0.491 e. The molecule has 0 atom stereocenters. The Morgan fingerprint density at radius 2 is 1.79 bits per heavy atom. The van der Waals surface area contributed by atoms with Gasteiger partial charge in [0.2, 0.25) is 0 Å². The minimum Gasteiger partial charge on any atom is -0.491 e. The highest BCUT2D eigenvalue weighted by Gasteiger charge is 2.00. The molecule has 0 aliphatic carbocycles. The van der Waals surface area contributed by atoms with Crippen LogP contribution in [0.2, 0.25) is 0 Å². The van der Waals surface area contributed by atoms with E-state index in [9.17, 15) is 0 Å². The summed E-state index contributed by atoms with van der Waals surface area (Å²) >= 11 is 0. The molecule has 19 heavy (non-hydrogen) atoms. The average molecular weight is 259 g/mol. The lowest BCUT2D eigenvalue weighted by Crippen LogP contribution is -2.12. The first-order valence-corrected chi connectivity index (χ1v) is 6.65. The number of aryl methyl sites for hydroxylation is 1. The second kappa shape index (κ2) is 6.43. The number of hydrogen-bond acceptors (Lipinski definition) is 3. The molecule has 0 amide bonds. The van der Waals surface area contributed by atoms with Gasteiger partial charge in [0.25, 0.3) is 0 Å². The van der Waals surface area contributed by atoms with E-state index in [1.807, 2.05) is 45.0 Å². The third-order valence-corrected chi connectivity index (χ3v) is 2.72. The fraction of sp³-hybridized carbons (Fsp3) is 0.375. The predicted octanol–water partition coefficient (Wildman–Crippen LogP) is 3.67. The minimum absolute atomic E-state index is 0.214. The van der Waals surface area contributed by atoms with E-state index < -0.39 is 0 Å². The smallest absolute Gasteiger partial charge is 0.119 e. The molecule has 0 radical (unpaired) electrons. The Kier molecular flexibility index (Phi) is 4.63. The van der Waals surface area contributed by atoms with Gasteiger partial charge < -0.3 is 14.5 Å². The maximum Gasteiger partial charge on any atom is 0.119 e. The summed E-state index contributed by atoms with van der Waals surface area (Å²) < 4.78 is 11.1. The van der Waals surface area contributed by atoms with E-state index >= 15 is 0 Å². The van der Waals surface area contributed by atoms with Crippen molar-refractivity contribution in [1.29, 1.82) is 0 Å². The number of furan rings is 1. The Balaban J connectivity index is 1.79. The van der Waals surface area contributed by atoms with Crippen LogP contribution in [0, 0.1) is 6.92 Å². The first-order valence-electron chi connectivity index (χ1n) is 6.65. The highest BCUT2D eigenvalue weighted by molar-refractivity contribution is 5.27. The Bertz CT molecular complexity index is 500. The second-order valence-electron chi connectivity index (χ2n) is 4.93. The van der Waals surface area contributed by atoms with E-state index in [2.05, 4.69) is 17.4 Å². The summed E-state index contributed by atoms with van der Waals surface area (Å²) in [5.74, 6) is 2.84. The number of rotatable bonds is 6. The van der Waals surface area contributed by atoms with Crippen molar-refractivity contribution in [2.24, 2.45) is 0 Å². The van der Waals surface area contributed by atoms with E-state index in [1.54, 1.807) is 0 Å². The van der Waals surface area contributed by atoms with Gasteiger partial charge in [0.05, 0.1) is 12.6 Å². The summed E-state index contributed by atoms with van der Waals surface area (Å²) in [6, 6.07) is 12.2. The number of ether oxygens (including phenoxy) is 1. The zero-order chi connectivity index (χ0) is 13.7. The fourth-order valence-electron chi connectivity index (χ4n) is 1.87. The molecule has 0 aliphatic rings. The highest BCUT2D eigenvalue weighted by atomic mass is 16.5. The van der Waals surface area contributed by atoms with E-state index in [-0.39, 0.29) is 6.10 Å². The second-order valence-corrected chi connectivity index (χ2v) is 4.93. The summed E-state index contributed by atoms with van der Waals surface area (Å²) in [5, 5.41) is 3.36. The van der Waals surface area contributed by atoms with Crippen LogP contribution < -0.4 is 10.1 Å². The van der Waals surface area contributed by atoms with Crippen LogP contribution in [0.5, 0.6) is 5.75 Å². The Morgan fingerprint density at radius 3 is 2.37 bits per heavy atom. The van der Waals surface area contributed by atoms with Crippen LogP contribution in [0.15, 0.2) is 40.8 Å². The lowest BCUT2D eigenvalue weighted by atomic mass is 10.2. The molecule has 2 aromatic rings. The van der Waals surface area contributed by atoms with E-state index in [1.165, 1.54) is 5.56 Å². The van der Waals surface area contributed by atoms with Crippen LogP contribution in [0.4, 0.5) is 0 Å². The predicted molar refractivity (Wildman–Crippen MR) is 76.2 cm³/mol. The summed E-state index contributed by atoms with van der Waals surface area (Å²) in [6.45, 7) is 7.58. The van der Waals surface area contributed by atoms with Crippen LogP contribution in [-0.2, 0) is 13.1 Å². The molecule has 0 saturated carbocycles. The molecule has 0 unspecified atom stereocenters. The van der Waals surface area contributed by atoms with Crippen molar-refractivity contribution in [2.45, 2.75) is 40.0 Å². The molecule has 0 spiro atoms. The maximum atomic E-state index is 5.61. The molecule has 1 aromatic heterocycles. The normalized spacial score (nSPS) is 10.9. The van der Waals surface area contributed by atoms with Gasteiger partial charge in [0.1, 0.15) is 17.3 Å². The summed E-state index contributed by atoms with van der Waals surface area (Å²) in [5.41, 5.74) is 1.24. The zero-order valence-electron chi connectivity index (χ0n) is 11.8. The SMILES string of the molecule is Cc1ccc(CNCc2ccc(OC(C)C)cc2)o1. The molecular formula is C16H21NO2. The van der Waals surface area contributed by atoms with E-state index in [0.717, 1.165) is 30.4 Å². The van der Waals surface area contributed by atoms with Crippen molar-refractivity contribution in [3.63, 3.8) is 0 Å². The average Bonchev–Trinajstić information content (AvgIpc) is 2.77. The Morgan fingerprint density at radius 1 is 1.05 bits per heavy atom. The number of nitrogens with one attached hydrogen (secondary N) is 1. The summed E-state index contributed by atoms with van der Waals surface area (Å²) in [4.78, 5) is 0. The van der Waals surface area contributed by atoms with Crippen molar-refractivity contribution >= 4 is 0 Å². The van der Waals surface area contributed by atoms with Crippen molar-refractivity contribution in [3.8, 4) is 5.75 Å². The van der Waals surface area contributed by atoms with Crippen molar-refractivity contribution in [2.75, 3.05) is 0 Å². The lowest BCUT2D eigenvalue weighted by Gasteiger charge is -2.10. The maximum absolute atomic E-state index is 5.61. The molecule has 0 aliphatic heterocycles. The molecule has 2 rings (SSSR count). The van der Waals surface area contributed by atoms with Crippen molar-refractivity contribution in [1.82, 2.24) is 5.32 Å². The molecule has 1 N–H and O–H groups in total. The van der Waals surface area contributed by atoms with Crippen LogP contribution in [0.25, 0.3) is 0 Å². The van der Waals surface area contributed by atoms with Gasteiger partial charge in [-0.15, -0.1) is 0 Å². The van der Waals surface area contributed by atoms with Gasteiger partial charge >= 0.3 is 0 Å². The molecule has 3 heteroatoms. The Labute approximate surface area is 114 Å². The van der Waals surface area contributed by atoms with Crippen molar-refractivity contribution < 1.29 is 9.15 Å². The van der Waals surface area contributed by atoms with Gasteiger partial charge in [-0.05, 0) is 50.6 Å². The standard InChI is InChI=1S/C16H21NO2/c1-12(2)18-15-8-5-14(6-9-15)10-17-11-16-7-4-13(3)19-16/h4-9,12,17H,10-11H2,1-3H3. The van der Waals surface area contributed by atoms with Gasteiger partial charge in [0.15, 0.2) is 0 Å². The molecule has 3 nitrogen and oxygen atoms in total. The van der Waals surface area contributed by atoms with Crippen LogP contribution in [0.3, 0.4) is 0 Å². The third kappa shape index (κ3) is 4.45. The Hall–Kier alpha value is -1.74. The van der Waals surface area contributed by atoms with E-state index in [0.29, 0.717) is 0 Å². The molecule has 0 bridgehead atoms. The fourth-order valence-corrected chi connectivity index (χ4v) is 1.87. The summed E-state index contributed by atoms with van der Waals surface area (Å²) in [6.07, 6.45) is 0.214. The summed E-state index contributed by atoms with van der Waals surface area (Å²) in [7, 11) is 0. The topological polar surface area (TPSA) is 34.4 Å². The molecular weight excluding hydrogens is 238 g/mol. The van der Waals surface area contributed by atoms with Crippen molar-refractivity contribution in [3.05, 3.63) is 53.5 Å². The zero-order valence-corrected chi connectivity index (χ0v) is 11.8. The monoisotopic (exact) mass is 259 g/mol. The van der Waals surface area contributed by atoms with E-state index in [4.69, 9.17) is 9.15 Å². The van der Waals surface area contributed by atoms with Gasteiger partial charge in [-0.25, -0.2) is 0 Å². The van der Waals surface area contributed by atoms with Gasteiger partial charge in [-0.2, -0.15) is 0 Å². The lowest BCUT2D eigenvalue weighted by molar-refractivity contribution is 0.242. The number of hydrogen-bond donors (Lipinski definition) is 1. The molecule has 0 fully saturated rings. The van der Waals surface area contributed by atoms with Crippen LogP contribution in [0.1, 0.15) is 30.9 Å². The minimum atomic E-state index is 0.214. The van der Waals surface area contributed by atoms with Crippen LogP contribution in [-0.4, -0.2) is 6.10 Å². The number of benzene rings is 1. The highest BCUT2D eigenvalue weighted by Crippen LogP contribution is 2.14. The van der Waals surface area contributed by atoms with Gasteiger partial charge in [0, 0.05) is 6.54 Å². The molecule has 1 heterocycles. The third-order valence-electron chi connectivity index (χ3n) is 2.72.